The lowest BCUT2D eigenvalue weighted by Gasteiger charge is -2.14. The second kappa shape index (κ2) is 6.35. The molecule has 3 aromatic heterocycles. The maximum absolute atomic E-state index is 13.2. The van der Waals surface area contributed by atoms with Crippen molar-refractivity contribution in [2.75, 3.05) is 0 Å². The largest absolute Gasteiger partial charge is 0.336 e. The number of aromatic amines is 1. The zero-order valence-corrected chi connectivity index (χ0v) is 16.5. The molecule has 1 N–H and O–H groups in total. The third kappa shape index (κ3) is 2.56. The van der Waals surface area contributed by atoms with Crippen molar-refractivity contribution >= 4 is 16.9 Å². The summed E-state index contributed by atoms with van der Waals surface area (Å²) in [6.45, 7) is 2.40. The van der Waals surface area contributed by atoms with Crippen molar-refractivity contribution in [1.29, 1.82) is 0 Å². The van der Waals surface area contributed by atoms with Crippen LogP contribution in [0.2, 0.25) is 0 Å². The van der Waals surface area contributed by atoms with Crippen LogP contribution in [0.4, 0.5) is 4.39 Å². The molecule has 2 bridgehead atoms. The molecule has 2 aliphatic rings. The van der Waals surface area contributed by atoms with Gasteiger partial charge in [0.2, 0.25) is 5.78 Å². The molecule has 0 amide bonds. The van der Waals surface area contributed by atoms with E-state index in [1.807, 2.05) is 6.92 Å². The summed E-state index contributed by atoms with van der Waals surface area (Å²) in [5, 5.41) is 4.65. The molecule has 0 saturated heterocycles. The van der Waals surface area contributed by atoms with Crippen molar-refractivity contribution < 1.29 is 4.39 Å². The Hall–Kier alpha value is -3.29. The quantitative estimate of drug-likeness (QED) is 0.530. The van der Waals surface area contributed by atoms with Crippen molar-refractivity contribution in [2.24, 2.45) is 11.8 Å². The molecule has 0 spiro atoms. The number of nitrogens with zero attached hydrogens (tertiary/aromatic N) is 5. The maximum atomic E-state index is 13.2. The van der Waals surface area contributed by atoms with Crippen LogP contribution in [-0.4, -0.2) is 29.1 Å². The van der Waals surface area contributed by atoms with Crippen LogP contribution in [0.25, 0.3) is 16.9 Å². The van der Waals surface area contributed by atoms with Gasteiger partial charge in [-0.1, -0.05) is 24.3 Å². The first kappa shape index (κ1) is 17.6. The number of benzene rings is 1. The lowest BCUT2D eigenvalue weighted by Crippen LogP contribution is -2.22. The standard InChI is InChI=1S/C22H21FN6O/c1-2-28-21(30)18-20(26-19(25-18)16-10-13-3-6-14(16)9-13)29-22(28)24-17(27-29)11-12-4-7-15(23)8-5-12/h3-8,13-14,16H,2,9-11H2,1H3,(H,25,26)/t13?,14?,16-/m0/s1. The number of nitrogens with one attached hydrogen (secondary N) is 1. The van der Waals surface area contributed by atoms with Crippen molar-refractivity contribution in [3.05, 3.63) is 69.8 Å². The summed E-state index contributed by atoms with van der Waals surface area (Å²) in [5.41, 5.74) is 1.78. The first-order valence-electron chi connectivity index (χ1n) is 10.4. The highest BCUT2D eigenvalue weighted by molar-refractivity contribution is 5.72. The molecule has 8 heteroatoms. The van der Waals surface area contributed by atoms with Gasteiger partial charge in [-0.25, -0.2) is 9.37 Å². The minimum absolute atomic E-state index is 0.127. The van der Waals surface area contributed by atoms with Crippen LogP contribution in [0.1, 0.15) is 42.9 Å². The van der Waals surface area contributed by atoms with Crippen LogP contribution >= 0.6 is 0 Å². The minimum Gasteiger partial charge on any atom is -0.336 e. The highest BCUT2D eigenvalue weighted by Gasteiger charge is 2.38. The van der Waals surface area contributed by atoms with E-state index in [-0.39, 0.29) is 11.4 Å². The summed E-state index contributed by atoms with van der Waals surface area (Å²) in [5.74, 6) is 3.08. The summed E-state index contributed by atoms with van der Waals surface area (Å²) in [6.07, 6.45) is 7.27. The predicted molar refractivity (Wildman–Crippen MR) is 110 cm³/mol. The average Bonchev–Trinajstić information content (AvgIpc) is 3.52. The molecule has 7 nitrogen and oxygen atoms in total. The van der Waals surface area contributed by atoms with Gasteiger partial charge in [-0.15, -0.1) is 5.10 Å². The second-order valence-corrected chi connectivity index (χ2v) is 8.30. The van der Waals surface area contributed by atoms with E-state index in [2.05, 4.69) is 27.2 Å². The van der Waals surface area contributed by atoms with Crippen molar-refractivity contribution in [1.82, 2.24) is 29.1 Å². The molecule has 2 aliphatic carbocycles. The predicted octanol–water partition coefficient (Wildman–Crippen LogP) is 3.20. The van der Waals surface area contributed by atoms with E-state index in [1.165, 1.54) is 18.6 Å². The lowest BCUT2D eigenvalue weighted by molar-refractivity contribution is 0.559. The van der Waals surface area contributed by atoms with Gasteiger partial charge < -0.3 is 4.98 Å². The number of hydrogen-bond acceptors (Lipinski definition) is 4. The molecule has 3 heterocycles. The molecule has 4 aromatic rings. The number of H-pyrrole nitrogens is 1. The normalized spacial score (nSPS) is 22.7. The Morgan fingerprint density at radius 1 is 1.17 bits per heavy atom. The van der Waals surface area contributed by atoms with Gasteiger partial charge in [0.05, 0.1) is 0 Å². The summed E-state index contributed by atoms with van der Waals surface area (Å²) < 4.78 is 16.5. The van der Waals surface area contributed by atoms with E-state index in [0.717, 1.165) is 17.8 Å². The van der Waals surface area contributed by atoms with Crippen LogP contribution in [0.5, 0.6) is 0 Å². The molecule has 1 fully saturated rings. The van der Waals surface area contributed by atoms with E-state index < -0.39 is 0 Å². The molecule has 152 valence electrons. The monoisotopic (exact) mass is 404 g/mol. The molecule has 1 saturated carbocycles. The first-order valence-corrected chi connectivity index (χ1v) is 10.4. The van der Waals surface area contributed by atoms with Gasteiger partial charge in [-0.05, 0) is 49.3 Å². The van der Waals surface area contributed by atoms with Crippen molar-refractivity contribution in [3.63, 3.8) is 0 Å². The van der Waals surface area contributed by atoms with Gasteiger partial charge in [0.15, 0.2) is 17.0 Å². The van der Waals surface area contributed by atoms with Gasteiger partial charge in [0, 0.05) is 18.9 Å². The van der Waals surface area contributed by atoms with Gasteiger partial charge in [-0.3, -0.25) is 9.36 Å². The zero-order chi connectivity index (χ0) is 20.4. The van der Waals surface area contributed by atoms with E-state index in [9.17, 15) is 9.18 Å². The van der Waals surface area contributed by atoms with E-state index in [0.29, 0.717) is 53.5 Å². The van der Waals surface area contributed by atoms with E-state index >= 15 is 0 Å². The molecule has 2 unspecified atom stereocenters. The summed E-state index contributed by atoms with van der Waals surface area (Å²) >= 11 is 0. The lowest BCUT2D eigenvalue weighted by atomic mass is 9.93. The Labute approximate surface area is 171 Å². The number of halogens is 1. The number of hydrogen-bond donors (Lipinski definition) is 1. The summed E-state index contributed by atoms with van der Waals surface area (Å²) in [7, 11) is 0. The topological polar surface area (TPSA) is 80.9 Å². The van der Waals surface area contributed by atoms with Gasteiger partial charge >= 0.3 is 0 Å². The fourth-order valence-electron chi connectivity index (χ4n) is 4.99. The second-order valence-electron chi connectivity index (χ2n) is 8.30. The number of allylic oxidation sites excluding steroid dienone is 2. The Morgan fingerprint density at radius 2 is 2.00 bits per heavy atom. The van der Waals surface area contributed by atoms with Crippen LogP contribution < -0.4 is 5.56 Å². The Bertz CT molecular complexity index is 1360. The van der Waals surface area contributed by atoms with Crippen LogP contribution in [0.15, 0.2) is 41.2 Å². The fraction of sp³-hybridized carbons (Fsp3) is 0.364. The molecule has 3 atom stereocenters. The maximum Gasteiger partial charge on any atom is 0.281 e. The van der Waals surface area contributed by atoms with Crippen molar-refractivity contribution in [2.45, 2.75) is 38.6 Å². The Morgan fingerprint density at radius 3 is 2.70 bits per heavy atom. The zero-order valence-electron chi connectivity index (χ0n) is 16.5. The van der Waals surface area contributed by atoms with E-state index in [1.54, 1.807) is 21.2 Å². The summed E-state index contributed by atoms with van der Waals surface area (Å²) in [4.78, 5) is 25.9. The molecule has 6 rings (SSSR count). The number of imidazole rings is 1. The molecular formula is C22H21FN6O. The smallest absolute Gasteiger partial charge is 0.281 e. The van der Waals surface area contributed by atoms with Gasteiger partial charge in [0.25, 0.3) is 5.56 Å². The SMILES string of the molecule is CCn1c(=O)c2[nH]c([C@H]3CC4C=CC3C4)nc2n2nc(Cc3ccc(F)cc3)nc12. The molecule has 1 aromatic carbocycles. The Balaban J connectivity index is 1.49. The number of aryl methyl sites for hydroxylation is 1. The molecule has 0 aliphatic heterocycles. The van der Waals surface area contributed by atoms with E-state index in [4.69, 9.17) is 4.98 Å². The highest BCUT2D eigenvalue weighted by atomic mass is 19.1. The number of aromatic nitrogens is 6. The number of rotatable bonds is 4. The third-order valence-corrected chi connectivity index (χ3v) is 6.46. The van der Waals surface area contributed by atoms with Crippen LogP contribution in [-0.2, 0) is 13.0 Å². The average molecular weight is 404 g/mol. The van der Waals surface area contributed by atoms with Crippen LogP contribution in [0, 0.1) is 17.7 Å². The minimum atomic E-state index is -0.275. The fourth-order valence-corrected chi connectivity index (χ4v) is 4.99. The van der Waals surface area contributed by atoms with Crippen molar-refractivity contribution in [3.8, 4) is 0 Å². The first-order chi connectivity index (χ1) is 14.6. The molecule has 0 radical (unpaired) electrons. The third-order valence-electron chi connectivity index (χ3n) is 6.46. The highest BCUT2D eigenvalue weighted by Crippen LogP contribution is 2.48. The number of fused-ring (bicyclic) bond motifs is 5. The van der Waals surface area contributed by atoms with Gasteiger partial charge in [-0.2, -0.15) is 9.50 Å². The molecule has 30 heavy (non-hydrogen) atoms. The van der Waals surface area contributed by atoms with Crippen LogP contribution in [0.3, 0.4) is 0 Å². The summed E-state index contributed by atoms with van der Waals surface area (Å²) in [6, 6.07) is 6.29. The van der Waals surface area contributed by atoms with Gasteiger partial charge in [0.1, 0.15) is 11.6 Å². The Kier molecular flexibility index (Phi) is 3.72. The molecular weight excluding hydrogens is 383 g/mol.